The van der Waals surface area contributed by atoms with Crippen LogP contribution in [0.5, 0.6) is 0 Å². The van der Waals surface area contributed by atoms with Crippen LogP contribution in [0.3, 0.4) is 0 Å². The maximum absolute atomic E-state index is 3.42. The minimum atomic E-state index is 1.40. The molecule has 0 aliphatic carbocycles. The van der Waals surface area contributed by atoms with Crippen LogP contribution in [-0.4, -0.2) is 20.9 Å². The Kier molecular flexibility index (Phi) is 0.533. The van der Waals surface area contributed by atoms with Crippen molar-refractivity contribution in [2.75, 3.05) is 0 Å². The molecule has 0 saturated carbocycles. The summed E-state index contributed by atoms with van der Waals surface area (Å²) in [7, 11) is 1.71. The molecule has 1 heterocycles. The molecule has 0 radical (unpaired) electrons. The van der Waals surface area contributed by atoms with E-state index in [1.54, 1.807) is 7.05 Å². The first kappa shape index (κ1) is 3.20. The van der Waals surface area contributed by atoms with Gasteiger partial charge in [-0.05, 0) is 0 Å². The molecule has 0 amide bonds. The second-order valence-electron chi connectivity index (χ2n) is 0.902. The van der Waals surface area contributed by atoms with Gasteiger partial charge in [0.05, 0.1) is 0 Å². The molecule has 32 valence electrons. The molecule has 6 heavy (non-hydrogen) atoms. The zero-order chi connectivity index (χ0) is 4.41. The van der Waals surface area contributed by atoms with E-state index in [2.05, 4.69) is 20.9 Å². The van der Waals surface area contributed by atoms with Crippen molar-refractivity contribution in [1.82, 2.24) is 20.9 Å². The Morgan fingerprint density at radius 2 is 2.50 bits per heavy atom. The average Bonchev–Trinajstić information content (AvgIpc) is 1.86. The van der Waals surface area contributed by atoms with Gasteiger partial charge in [0.15, 0.2) is 0 Å². The van der Waals surface area contributed by atoms with E-state index >= 15 is 0 Å². The fraction of sp³-hybridized carbons (Fsp3) is 1.00. The molecule has 1 N–H and O–H groups in total. The lowest BCUT2D eigenvalue weighted by Gasteiger charge is -1.61. The zero-order valence-corrected chi connectivity index (χ0v) is 3.29. The lowest BCUT2D eigenvalue weighted by molar-refractivity contribution is -0.786. The lowest BCUT2D eigenvalue weighted by Crippen LogP contribution is -2.33. The summed E-state index contributed by atoms with van der Waals surface area (Å²) in [4.78, 5) is 1.40. The van der Waals surface area contributed by atoms with Crippen LogP contribution < -0.4 is 4.80 Å². The van der Waals surface area contributed by atoms with Gasteiger partial charge in [-0.3, -0.25) is 0 Å². The largest absolute Gasteiger partial charge is 0.231 e. The van der Waals surface area contributed by atoms with Crippen LogP contribution in [0.2, 0.25) is 0 Å². The zero-order valence-electron chi connectivity index (χ0n) is 3.29. The van der Waals surface area contributed by atoms with E-state index in [9.17, 15) is 0 Å². The number of hydrogen-bond donors (Lipinski definition) is 1. The van der Waals surface area contributed by atoms with Crippen molar-refractivity contribution >= 4 is 0 Å². The number of rotatable bonds is 0. The van der Waals surface area contributed by atoms with Crippen LogP contribution in [0, 0.1) is 0 Å². The standard InChI is InChI=1S/CH3N5/c1-6-4-2-3-5-6/h1H3/p+1. The Balaban J connectivity index is 3.05. The van der Waals surface area contributed by atoms with E-state index in [-0.39, 0.29) is 0 Å². The highest BCUT2D eigenvalue weighted by Gasteiger charge is 1.85. The van der Waals surface area contributed by atoms with Gasteiger partial charge in [-0.2, -0.15) is 0 Å². The topological polar surface area (TPSA) is 58.3 Å². The summed E-state index contributed by atoms with van der Waals surface area (Å²) in [5, 5.41) is 12.4. The maximum Gasteiger partial charge on any atom is 0.231 e. The molecule has 0 saturated heterocycles. The molecule has 5 nitrogen and oxygen atoms in total. The van der Waals surface area contributed by atoms with Crippen molar-refractivity contribution in [3.8, 4) is 0 Å². The van der Waals surface area contributed by atoms with Crippen molar-refractivity contribution in [2.24, 2.45) is 7.05 Å². The second-order valence-corrected chi connectivity index (χ2v) is 0.902. The molecular formula is CH4N5+. The Hall–Kier alpha value is -1.00. The Morgan fingerprint density at radius 3 is 2.67 bits per heavy atom. The molecule has 1 aromatic heterocycles. The molecule has 5 heteroatoms. The van der Waals surface area contributed by atoms with Crippen molar-refractivity contribution in [1.29, 1.82) is 0 Å². The molecule has 0 bridgehead atoms. The highest BCUT2D eigenvalue weighted by Crippen LogP contribution is 1.29. The highest BCUT2D eigenvalue weighted by molar-refractivity contribution is 3.68. The van der Waals surface area contributed by atoms with E-state index in [1.807, 2.05) is 0 Å². The quantitative estimate of drug-likeness (QED) is 0.372. The Bertz CT molecular complexity index is 107. The predicted molar refractivity (Wildman–Crippen MR) is 15.4 cm³/mol. The fourth-order valence-electron chi connectivity index (χ4n) is 0.185. The number of aromatic amines is 1. The number of H-pyrrole nitrogens is 1. The number of hydrogen-bond acceptors (Lipinski definition) is 3. The van der Waals surface area contributed by atoms with E-state index in [0.29, 0.717) is 0 Å². The van der Waals surface area contributed by atoms with E-state index < -0.39 is 0 Å². The van der Waals surface area contributed by atoms with Gasteiger partial charge in [-0.25, -0.2) is 0 Å². The fourth-order valence-corrected chi connectivity index (χ4v) is 0.185. The Labute approximate surface area is 33.9 Å². The number of aryl methyl sites for hydroxylation is 1. The molecule has 1 aromatic rings. The molecule has 0 aromatic carbocycles. The lowest BCUT2D eigenvalue weighted by atomic mass is 11.5. The maximum atomic E-state index is 3.42. The summed E-state index contributed by atoms with van der Waals surface area (Å²) >= 11 is 0. The predicted octanol–water partition coefficient (Wildman–Crippen LogP) is -1.98. The average molecular weight is 86.1 g/mol. The molecule has 1 rings (SSSR count). The van der Waals surface area contributed by atoms with E-state index in [0.717, 1.165) is 0 Å². The minimum absolute atomic E-state index is 1.40. The van der Waals surface area contributed by atoms with Crippen LogP contribution in [0.25, 0.3) is 0 Å². The van der Waals surface area contributed by atoms with Crippen LogP contribution in [-0.2, 0) is 7.05 Å². The van der Waals surface area contributed by atoms with Gasteiger partial charge < -0.3 is 0 Å². The van der Waals surface area contributed by atoms with Gasteiger partial charge in [0.2, 0.25) is 10.4 Å². The van der Waals surface area contributed by atoms with Gasteiger partial charge in [-0.15, -0.1) is 0 Å². The smallest absolute Gasteiger partial charge is 0.0716 e. The highest BCUT2D eigenvalue weighted by atomic mass is 15.7. The monoisotopic (exact) mass is 86.0 g/mol. The molecule has 0 spiro atoms. The van der Waals surface area contributed by atoms with Crippen molar-refractivity contribution < 1.29 is 4.80 Å². The van der Waals surface area contributed by atoms with Crippen LogP contribution in [0.1, 0.15) is 0 Å². The molecule has 0 atom stereocenters. The Morgan fingerprint density at radius 1 is 1.67 bits per heavy atom. The third-order valence-electron chi connectivity index (χ3n) is 0.408. The van der Waals surface area contributed by atoms with E-state index in [1.165, 1.54) is 4.80 Å². The van der Waals surface area contributed by atoms with Crippen molar-refractivity contribution in [3.05, 3.63) is 0 Å². The summed E-state index contributed by atoms with van der Waals surface area (Å²) in [6, 6.07) is 0. The first-order valence-electron chi connectivity index (χ1n) is 1.49. The molecular weight excluding hydrogens is 82.0 g/mol. The van der Waals surface area contributed by atoms with Gasteiger partial charge in [0, 0.05) is 0 Å². The summed E-state index contributed by atoms with van der Waals surface area (Å²) < 4.78 is 0. The van der Waals surface area contributed by atoms with Gasteiger partial charge in [0.25, 0.3) is 0 Å². The van der Waals surface area contributed by atoms with Crippen LogP contribution in [0.15, 0.2) is 0 Å². The second kappa shape index (κ2) is 1.00. The summed E-state index contributed by atoms with van der Waals surface area (Å²) in [5.74, 6) is 0. The van der Waals surface area contributed by atoms with Crippen LogP contribution >= 0.6 is 0 Å². The first-order chi connectivity index (χ1) is 2.89. The number of aromatic nitrogens is 5. The normalized spacial score (nSPS) is 8.83. The van der Waals surface area contributed by atoms with Crippen LogP contribution in [0.4, 0.5) is 0 Å². The SMILES string of the molecule is C[n+]1nnn[nH]1. The van der Waals surface area contributed by atoms with Crippen molar-refractivity contribution in [2.45, 2.75) is 0 Å². The third kappa shape index (κ3) is 0.333. The van der Waals surface area contributed by atoms with Gasteiger partial charge in [-0.1, -0.05) is 10.0 Å². The van der Waals surface area contributed by atoms with E-state index in [4.69, 9.17) is 0 Å². The number of nitrogens with zero attached hydrogens (tertiary/aromatic N) is 4. The summed E-state index contributed by atoms with van der Waals surface area (Å²) in [5.41, 5.74) is 0. The molecule has 0 fully saturated rings. The summed E-state index contributed by atoms with van der Waals surface area (Å²) in [6.45, 7) is 0. The molecule has 0 unspecified atom stereocenters. The van der Waals surface area contributed by atoms with Gasteiger partial charge in [0.1, 0.15) is 12.3 Å². The molecule has 0 aliphatic heterocycles. The first-order valence-corrected chi connectivity index (χ1v) is 1.49. The number of nitrogens with one attached hydrogen (secondary N) is 1. The van der Waals surface area contributed by atoms with Gasteiger partial charge >= 0.3 is 0 Å². The summed E-state index contributed by atoms with van der Waals surface area (Å²) in [6.07, 6.45) is 0. The minimum Gasteiger partial charge on any atom is -0.0716 e. The molecule has 0 aliphatic rings. The van der Waals surface area contributed by atoms with Crippen molar-refractivity contribution in [3.63, 3.8) is 0 Å². The third-order valence-corrected chi connectivity index (χ3v) is 0.408.